The summed E-state index contributed by atoms with van der Waals surface area (Å²) < 4.78 is 2.13. The number of likely N-dealkylation sites (tertiary alicyclic amines) is 1. The molecule has 0 radical (unpaired) electrons. The number of nitrogens with zero attached hydrogens (tertiary/aromatic N) is 3. The fraction of sp³-hybridized carbons (Fsp3) is 0.429. The Kier molecular flexibility index (Phi) is 6.18. The Morgan fingerprint density at radius 2 is 1.86 bits per heavy atom. The summed E-state index contributed by atoms with van der Waals surface area (Å²) in [5, 5.41) is 3.37. The van der Waals surface area contributed by atoms with Gasteiger partial charge in [0.1, 0.15) is 11.5 Å². The van der Waals surface area contributed by atoms with Crippen molar-refractivity contribution in [3.63, 3.8) is 0 Å². The quantitative estimate of drug-likeness (QED) is 0.770. The van der Waals surface area contributed by atoms with Crippen molar-refractivity contribution in [3.05, 3.63) is 59.2 Å². The zero-order valence-corrected chi connectivity index (χ0v) is 17.4. The first-order chi connectivity index (χ1) is 12.8. The zero-order valence-electron chi connectivity index (χ0n) is 15.8. The molecule has 150 valence electrons. The molecule has 0 bridgehead atoms. The molecule has 1 spiro atoms. The van der Waals surface area contributed by atoms with Crippen LogP contribution in [0, 0.1) is 0 Å². The number of benzene rings is 1. The van der Waals surface area contributed by atoms with Gasteiger partial charge in [0.25, 0.3) is 5.91 Å². The van der Waals surface area contributed by atoms with Crippen LogP contribution in [-0.4, -0.2) is 46.5 Å². The smallest absolute Gasteiger partial charge is 0.274 e. The molecule has 5 rings (SSSR count). The molecular weight excluding hydrogens is 395 g/mol. The van der Waals surface area contributed by atoms with Gasteiger partial charge in [0.05, 0.1) is 0 Å². The predicted octanol–water partition coefficient (Wildman–Crippen LogP) is 3.07. The number of amides is 1. The van der Waals surface area contributed by atoms with Crippen LogP contribution in [0.5, 0.6) is 0 Å². The lowest BCUT2D eigenvalue weighted by molar-refractivity contribution is 0.0684. The molecule has 2 aromatic rings. The number of fused-ring (bicyclic) bond motifs is 3. The van der Waals surface area contributed by atoms with Gasteiger partial charge in [-0.05, 0) is 24.0 Å². The van der Waals surface area contributed by atoms with Crippen LogP contribution in [0.2, 0.25) is 0 Å². The number of carbonyl (C=O) groups is 1. The van der Waals surface area contributed by atoms with Gasteiger partial charge in [0.2, 0.25) is 0 Å². The highest BCUT2D eigenvalue weighted by Gasteiger charge is 2.39. The number of halogens is 2. The van der Waals surface area contributed by atoms with Crippen LogP contribution in [0.3, 0.4) is 0 Å². The summed E-state index contributed by atoms with van der Waals surface area (Å²) in [5.74, 6) is 1.11. The normalized spacial score (nSPS) is 19.2. The van der Waals surface area contributed by atoms with E-state index in [1.807, 2.05) is 11.1 Å². The van der Waals surface area contributed by atoms with Crippen molar-refractivity contribution < 1.29 is 4.79 Å². The van der Waals surface area contributed by atoms with Gasteiger partial charge in [-0.1, -0.05) is 36.4 Å². The SMILES string of the molecule is Cl.Cl.O=C(c1cn2c(n1)CCNCC2)N1CCC2(C=Cc3ccccc32)CC1. The molecule has 2 aliphatic heterocycles. The first-order valence-electron chi connectivity index (χ1n) is 9.60. The fourth-order valence-electron chi connectivity index (χ4n) is 4.62. The molecule has 1 fully saturated rings. The van der Waals surface area contributed by atoms with E-state index in [-0.39, 0.29) is 36.1 Å². The van der Waals surface area contributed by atoms with E-state index in [2.05, 4.69) is 51.3 Å². The number of imidazole rings is 1. The van der Waals surface area contributed by atoms with Gasteiger partial charge in [-0.2, -0.15) is 0 Å². The lowest BCUT2D eigenvalue weighted by Gasteiger charge is -2.39. The first kappa shape index (κ1) is 20.9. The third-order valence-electron chi connectivity index (χ3n) is 6.16. The molecule has 0 atom stereocenters. The Balaban J connectivity index is 0.00000112. The van der Waals surface area contributed by atoms with E-state index < -0.39 is 0 Å². The average Bonchev–Trinajstić information content (AvgIpc) is 3.17. The van der Waals surface area contributed by atoms with Crippen molar-refractivity contribution in [2.75, 3.05) is 26.2 Å². The third-order valence-corrected chi connectivity index (χ3v) is 6.16. The molecular formula is C21H26Cl2N4O. The van der Waals surface area contributed by atoms with E-state index in [0.29, 0.717) is 5.69 Å². The topological polar surface area (TPSA) is 50.2 Å². The maximum Gasteiger partial charge on any atom is 0.274 e. The lowest BCUT2D eigenvalue weighted by atomic mass is 9.74. The van der Waals surface area contributed by atoms with Gasteiger partial charge in [0.15, 0.2) is 0 Å². The molecule has 1 aromatic carbocycles. The molecule has 1 aromatic heterocycles. The van der Waals surface area contributed by atoms with Crippen molar-refractivity contribution in [1.82, 2.24) is 19.8 Å². The van der Waals surface area contributed by atoms with E-state index >= 15 is 0 Å². The lowest BCUT2D eigenvalue weighted by Crippen LogP contribution is -2.44. The summed E-state index contributed by atoms with van der Waals surface area (Å²) in [4.78, 5) is 19.6. The minimum absolute atomic E-state index is 0. The second-order valence-corrected chi connectivity index (χ2v) is 7.60. The van der Waals surface area contributed by atoms with E-state index in [0.717, 1.165) is 57.8 Å². The van der Waals surface area contributed by atoms with Crippen molar-refractivity contribution in [2.45, 2.75) is 31.2 Å². The van der Waals surface area contributed by atoms with E-state index in [9.17, 15) is 4.79 Å². The molecule has 1 aliphatic carbocycles. The largest absolute Gasteiger partial charge is 0.337 e. The van der Waals surface area contributed by atoms with E-state index in [4.69, 9.17) is 0 Å². The van der Waals surface area contributed by atoms with Gasteiger partial charge < -0.3 is 14.8 Å². The number of nitrogens with one attached hydrogen (secondary N) is 1. The highest BCUT2D eigenvalue weighted by Crippen LogP contribution is 2.43. The van der Waals surface area contributed by atoms with Gasteiger partial charge in [-0.15, -0.1) is 24.8 Å². The number of piperidine rings is 1. The van der Waals surface area contributed by atoms with Crippen molar-refractivity contribution >= 4 is 36.8 Å². The van der Waals surface area contributed by atoms with Gasteiger partial charge >= 0.3 is 0 Å². The van der Waals surface area contributed by atoms with E-state index in [1.54, 1.807) is 0 Å². The van der Waals surface area contributed by atoms with Crippen molar-refractivity contribution in [2.24, 2.45) is 0 Å². The molecule has 0 unspecified atom stereocenters. The summed E-state index contributed by atoms with van der Waals surface area (Å²) in [5.41, 5.74) is 3.48. The van der Waals surface area contributed by atoms with Crippen LogP contribution >= 0.6 is 24.8 Å². The van der Waals surface area contributed by atoms with Crippen LogP contribution < -0.4 is 5.32 Å². The summed E-state index contributed by atoms with van der Waals surface area (Å²) >= 11 is 0. The molecule has 1 amide bonds. The van der Waals surface area contributed by atoms with E-state index in [1.165, 1.54) is 11.1 Å². The van der Waals surface area contributed by atoms with Gasteiger partial charge in [0, 0.05) is 50.8 Å². The van der Waals surface area contributed by atoms with Crippen LogP contribution in [0.4, 0.5) is 0 Å². The molecule has 3 heterocycles. The average molecular weight is 421 g/mol. The molecule has 7 heteroatoms. The number of hydrogen-bond acceptors (Lipinski definition) is 3. The monoisotopic (exact) mass is 420 g/mol. The summed E-state index contributed by atoms with van der Waals surface area (Å²) in [6.45, 7) is 4.35. The third kappa shape index (κ3) is 3.47. The van der Waals surface area contributed by atoms with Crippen LogP contribution in [-0.2, 0) is 18.4 Å². The van der Waals surface area contributed by atoms with Crippen molar-refractivity contribution in [3.8, 4) is 0 Å². The Morgan fingerprint density at radius 3 is 2.68 bits per heavy atom. The maximum atomic E-state index is 13.0. The van der Waals surface area contributed by atoms with Crippen LogP contribution in [0.1, 0.15) is 40.3 Å². The summed E-state index contributed by atoms with van der Waals surface area (Å²) in [6, 6.07) is 8.65. The minimum atomic E-state index is 0. The molecule has 5 nitrogen and oxygen atoms in total. The van der Waals surface area contributed by atoms with Gasteiger partial charge in [-0.3, -0.25) is 4.79 Å². The van der Waals surface area contributed by atoms with Gasteiger partial charge in [-0.25, -0.2) is 4.98 Å². The number of rotatable bonds is 1. The van der Waals surface area contributed by atoms with Crippen LogP contribution in [0.25, 0.3) is 6.08 Å². The Morgan fingerprint density at radius 1 is 1.07 bits per heavy atom. The summed E-state index contributed by atoms with van der Waals surface area (Å²) in [6.07, 6.45) is 9.41. The minimum Gasteiger partial charge on any atom is -0.337 e. The Labute approximate surface area is 178 Å². The molecule has 1 saturated heterocycles. The molecule has 0 saturated carbocycles. The number of aromatic nitrogens is 2. The van der Waals surface area contributed by atoms with Crippen molar-refractivity contribution in [1.29, 1.82) is 0 Å². The standard InChI is InChI=1S/C21H24N4O.2ClH/c26-20(18-15-25-14-11-22-10-6-19(25)23-18)24-12-8-21(9-13-24)7-5-16-3-1-2-4-17(16)21;;/h1-5,7,15,22H,6,8-14H2;2*1H. The summed E-state index contributed by atoms with van der Waals surface area (Å²) in [7, 11) is 0. The Bertz CT molecular complexity index is 861. The highest BCUT2D eigenvalue weighted by atomic mass is 35.5. The predicted molar refractivity (Wildman–Crippen MR) is 116 cm³/mol. The first-order valence-corrected chi connectivity index (χ1v) is 9.60. The Hall–Kier alpha value is -1.82. The zero-order chi connectivity index (χ0) is 17.6. The number of hydrogen-bond donors (Lipinski definition) is 1. The maximum absolute atomic E-state index is 13.0. The molecule has 1 N–H and O–H groups in total. The number of allylic oxidation sites excluding steroid dienone is 1. The second kappa shape index (κ2) is 8.27. The number of carbonyl (C=O) groups excluding carboxylic acids is 1. The fourth-order valence-corrected chi connectivity index (χ4v) is 4.62. The molecule has 3 aliphatic rings. The molecule has 28 heavy (non-hydrogen) atoms. The van der Waals surface area contributed by atoms with Crippen LogP contribution in [0.15, 0.2) is 36.5 Å². The second-order valence-electron chi connectivity index (χ2n) is 7.60. The highest BCUT2D eigenvalue weighted by molar-refractivity contribution is 5.92.